The summed E-state index contributed by atoms with van der Waals surface area (Å²) in [7, 11) is 1.72. The van der Waals surface area contributed by atoms with Gasteiger partial charge in [0.1, 0.15) is 0 Å². The summed E-state index contributed by atoms with van der Waals surface area (Å²) in [5.41, 5.74) is 4.64. The van der Waals surface area contributed by atoms with Gasteiger partial charge in [0.05, 0.1) is 6.42 Å². The minimum atomic E-state index is -0.186. The van der Waals surface area contributed by atoms with Crippen molar-refractivity contribution in [3.8, 4) is 0 Å². The lowest BCUT2D eigenvalue weighted by Gasteiger charge is -2.23. The number of hydrazine groups is 1. The highest BCUT2D eigenvalue weighted by Gasteiger charge is 2.09. The molecule has 7 heteroatoms. The van der Waals surface area contributed by atoms with Gasteiger partial charge in [-0.1, -0.05) is 48.5 Å². The lowest BCUT2D eigenvalue weighted by molar-refractivity contribution is -0.119. The lowest BCUT2D eigenvalue weighted by atomic mass is 10.1. The molecule has 3 N–H and O–H groups in total. The number of carbonyl (C=O) groups excluding carboxylic acids is 1. The summed E-state index contributed by atoms with van der Waals surface area (Å²) in [5.74, 6) is -0.186. The summed E-state index contributed by atoms with van der Waals surface area (Å²) in [5, 5.41) is 7.85. The van der Waals surface area contributed by atoms with E-state index in [1.54, 1.807) is 7.05 Å². The number of anilines is 1. The van der Waals surface area contributed by atoms with Crippen molar-refractivity contribution in [2.24, 2.45) is 0 Å². The first kappa shape index (κ1) is 17.8. The largest absolute Gasteiger partial charge is 0.331 e. The molecular weight excluding hydrogens is 340 g/mol. The molecule has 0 aromatic heterocycles. The van der Waals surface area contributed by atoms with Crippen LogP contribution in [0.3, 0.4) is 0 Å². The van der Waals surface area contributed by atoms with Crippen LogP contribution in [0.25, 0.3) is 0 Å². The van der Waals surface area contributed by atoms with Crippen molar-refractivity contribution in [3.63, 3.8) is 0 Å². The zero-order chi connectivity index (χ0) is 17.4. The van der Waals surface area contributed by atoms with Gasteiger partial charge in [0.2, 0.25) is 5.91 Å². The molecule has 0 aliphatic rings. The van der Waals surface area contributed by atoms with Gasteiger partial charge in [-0.05, 0) is 42.1 Å². The molecule has 0 atom stereocenters. The van der Waals surface area contributed by atoms with Crippen molar-refractivity contribution >= 4 is 46.3 Å². The Morgan fingerprint density at radius 3 is 2.21 bits per heavy atom. The summed E-state index contributed by atoms with van der Waals surface area (Å²) < 4.78 is 0. The van der Waals surface area contributed by atoms with Crippen LogP contribution in [0.15, 0.2) is 60.7 Å². The quantitative estimate of drug-likeness (QED) is 0.579. The zero-order valence-corrected chi connectivity index (χ0v) is 14.8. The SMILES string of the molecule is CN(NC(=S)NC(=O)Cc1ccccc1)C(=S)Nc1ccccc1. The number of thiocarbonyl (C=S) groups is 2. The number of nitrogens with one attached hydrogen (secondary N) is 3. The van der Waals surface area contributed by atoms with Gasteiger partial charge in [-0.2, -0.15) is 0 Å². The summed E-state index contributed by atoms with van der Waals surface area (Å²) in [6.07, 6.45) is 0.263. The second-order valence-corrected chi connectivity index (χ2v) is 5.80. The Labute approximate surface area is 152 Å². The molecule has 0 aliphatic heterocycles. The molecule has 0 spiro atoms. The van der Waals surface area contributed by atoms with Crippen LogP contribution in [0.1, 0.15) is 5.56 Å². The Bertz CT molecular complexity index is 707. The smallest absolute Gasteiger partial charge is 0.230 e. The van der Waals surface area contributed by atoms with E-state index in [-0.39, 0.29) is 17.4 Å². The number of nitrogens with zero attached hydrogens (tertiary/aromatic N) is 1. The second kappa shape index (κ2) is 8.95. The van der Waals surface area contributed by atoms with E-state index in [1.807, 2.05) is 60.7 Å². The Kier molecular flexibility index (Phi) is 6.65. The Hall–Kier alpha value is -2.51. The van der Waals surface area contributed by atoms with E-state index in [1.165, 1.54) is 5.01 Å². The maximum Gasteiger partial charge on any atom is 0.230 e. The van der Waals surface area contributed by atoms with Gasteiger partial charge in [-0.25, -0.2) is 0 Å². The fourth-order valence-corrected chi connectivity index (χ4v) is 2.33. The molecule has 0 bridgehead atoms. The van der Waals surface area contributed by atoms with Crippen LogP contribution in [-0.4, -0.2) is 28.2 Å². The number of amides is 1. The second-order valence-electron chi connectivity index (χ2n) is 5.01. The van der Waals surface area contributed by atoms with Crippen molar-refractivity contribution in [3.05, 3.63) is 66.2 Å². The molecule has 2 aromatic rings. The standard InChI is InChI=1S/C17H18N4OS2/c1-21(17(24)18-14-10-6-3-7-11-14)20-16(23)19-15(22)12-13-8-4-2-5-9-13/h2-11H,12H2,1H3,(H,18,24)(H2,19,20,22,23). The summed E-state index contributed by atoms with van der Waals surface area (Å²) >= 11 is 10.4. The van der Waals surface area contributed by atoms with Gasteiger partial charge in [0, 0.05) is 12.7 Å². The molecule has 0 aliphatic carbocycles. The molecule has 24 heavy (non-hydrogen) atoms. The van der Waals surface area contributed by atoms with Gasteiger partial charge in [0.15, 0.2) is 10.2 Å². The Morgan fingerprint density at radius 2 is 1.58 bits per heavy atom. The summed E-state index contributed by atoms with van der Waals surface area (Å²) in [4.78, 5) is 12.0. The molecule has 0 unspecified atom stereocenters. The number of benzene rings is 2. The van der Waals surface area contributed by atoms with Crippen LogP contribution < -0.4 is 16.1 Å². The zero-order valence-electron chi connectivity index (χ0n) is 13.2. The van der Waals surface area contributed by atoms with E-state index >= 15 is 0 Å². The lowest BCUT2D eigenvalue weighted by Crippen LogP contribution is -2.50. The van der Waals surface area contributed by atoms with Crippen LogP contribution in [-0.2, 0) is 11.2 Å². The van der Waals surface area contributed by atoms with Crippen LogP contribution in [0.5, 0.6) is 0 Å². The predicted molar refractivity (Wildman–Crippen MR) is 104 cm³/mol. The van der Waals surface area contributed by atoms with Crippen LogP contribution in [0, 0.1) is 0 Å². The summed E-state index contributed by atoms with van der Waals surface area (Å²) in [6, 6.07) is 19.0. The maximum absolute atomic E-state index is 12.0. The molecule has 0 saturated carbocycles. The van der Waals surface area contributed by atoms with Crippen molar-refractivity contribution < 1.29 is 4.79 Å². The Balaban J connectivity index is 1.78. The van der Waals surface area contributed by atoms with Gasteiger partial charge in [0.25, 0.3) is 0 Å². The summed E-state index contributed by atoms with van der Waals surface area (Å²) in [6.45, 7) is 0. The number of hydrogen-bond donors (Lipinski definition) is 3. The molecule has 2 aromatic carbocycles. The number of carbonyl (C=O) groups is 1. The molecule has 0 heterocycles. The molecule has 5 nitrogen and oxygen atoms in total. The van der Waals surface area contributed by atoms with Crippen LogP contribution in [0.4, 0.5) is 5.69 Å². The van der Waals surface area contributed by atoms with E-state index < -0.39 is 0 Å². The minimum Gasteiger partial charge on any atom is -0.331 e. The molecule has 0 fully saturated rings. The number of rotatable bonds is 3. The third-order valence-corrected chi connectivity index (χ3v) is 3.63. The van der Waals surface area contributed by atoms with Crippen molar-refractivity contribution in [1.82, 2.24) is 15.8 Å². The van der Waals surface area contributed by atoms with E-state index in [4.69, 9.17) is 24.4 Å². The first-order chi connectivity index (χ1) is 11.5. The molecule has 0 saturated heterocycles. The van der Waals surface area contributed by atoms with Gasteiger partial charge in [-0.3, -0.25) is 15.2 Å². The fraction of sp³-hybridized carbons (Fsp3) is 0.118. The van der Waals surface area contributed by atoms with Crippen LogP contribution >= 0.6 is 24.4 Å². The highest BCUT2D eigenvalue weighted by Crippen LogP contribution is 2.05. The van der Waals surface area contributed by atoms with E-state index in [2.05, 4.69) is 16.1 Å². The first-order valence-corrected chi connectivity index (χ1v) is 8.10. The van der Waals surface area contributed by atoms with Gasteiger partial charge >= 0.3 is 0 Å². The fourth-order valence-electron chi connectivity index (χ4n) is 1.91. The van der Waals surface area contributed by atoms with E-state index in [9.17, 15) is 4.79 Å². The average molecular weight is 358 g/mol. The van der Waals surface area contributed by atoms with Crippen LogP contribution in [0.2, 0.25) is 0 Å². The number of hydrogen-bond acceptors (Lipinski definition) is 3. The highest BCUT2D eigenvalue weighted by atomic mass is 32.1. The van der Waals surface area contributed by atoms with Crippen molar-refractivity contribution in [2.45, 2.75) is 6.42 Å². The highest BCUT2D eigenvalue weighted by molar-refractivity contribution is 7.80. The third-order valence-electron chi connectivity index (χ3n) is 3.06. The molecule has 2 rings (SSSR count). The van der Waals surface area contributed by atoms with Crippen molar-refractivity contribution in [2.75, 3.05) is 12.4 Å². The molecule has 124 valence electrons. The van der Waals surface area contributed by atoms with Gasteiger partial charge < -0.3 is 10.6 Å². The Morgan fingerprint density at radius 1 is 1.00 bits per heavy atom. The normalized spacial score (nSPS) is 9.71. The average Bonchev–Trinajstić information content (AvgIpc) is 2.56. The minimum absolute atomic E-state index is 0.186. The van der Waals surface area contributed by atoms with Crippen molar-refractivity contribution in [1.29, 1.82) is 0 Å². The molecular formula is C17H18N4OS2. The monoisotopic (exact) mass is 358 g/mol. The van der Waals surface area contributed by atoms with Gasteiger partial charge in [-0.15, -0.1) is 0 Å². The van der Waals surface area contributed by atoms with E-state index in [0.717, 1.165) is 11.3 Å². The maximum atomic E-state index is 12.0. The molecule has 1 amide bonds. The predicted octanol–water partition coefficient (Wildman–Crippen LogP) is 2.46. The molecule has 0 radical (unpaired) electrons. The topological polar surface area (TPSA) is 56.4 Å². The van der Waals surface area contributed by atoms with E-state index in [0.29, 0.717) is 5.11 Å². The number of para-hydroxylation sites is 1. The third kappa shape index (κ3) is 5.94. The first-order valence-electron chi connectivity index (χ1n) is 7.29.